The lowest BCUT2D eigenvalue weighted by Gasteiger charge is -2.21. The van der Waals surface area contributed by atoms with Crippen molar-refractivity contribution < 1.29 is 18.9 Å². The summed E-state index contributed by atoms with van der Waals surface area (Å²) in [6, 6.07) is 10.1. The van der Waals surface area contributed by atoms with Crippen LogP contribution in [0.4, 0.5) is 5.69 Å². The zero-order valence-electron chi connectivity index (χ0n) is 19.7. The van der Waals surface area contributed by atoms with E-state index in [1.165, 1.54) is 0 Å². The number of rotatable bonds is 10. The third-order valence-electron chi connectivity index (χ3n) is 5.28. The second-order valence-corrected chi connectivity index (χ2v) is 7.38. The van der Waals surface area contributed by atoms with Gasteiger partial charge in [-0.1, -0.05) is 6.07 Å². The number of aliphatic imine (C=N–C) groups is 1. The van der Waals surface area contributed by atoms with E-state index in [1.807, 2.05) is 30.3 Å². The summed E-state index contributed by atoms with van der Waals surface area (Å²) in [6.07, 6.45) is 2.72. The first-order valence-corrected chi connectivity index (χ1v) is 10.7. The molecule has 0 amide bonds. The topological polar surface area (TPSA) is 89.5 Å². The van der Waals surface area contributed by atoms with Gasteiger partial charge >= 0.3 is 0 Å². The van der Waals surface area contributed by atoms with Crippen LogP contribution in [0, 0.1) is 0 Å². The number of pyridine rings is 1. The van der Waals surface area contributed by atoms with Crippen molar-refractivity contribution in [1.29, 1.82) is 0 Å². The van der Waals surface area contributed by atoms with E-state index in [0.717, 1.165) is 48.2 Å². The summed E-state index contributed by atoms with van der Waals surface area (Å²) in [4.78, 5) is 11.0. The Balaban J connectivity index is 0.00000385. The second kappa shape index (κ2) is 13.9. The molecule has 2 heterocycles. The Morgan fingerprint density at radius 1 is 1.15 bits per heavy atom. The Hall–Kier alpha value is -2.47. The van der Waals surface area contributed by atoms with Crippen LogP contribution in [0.2, 0.25) is 0 Å². The summed E-state index contributed by atoms with van der Waals surface area (Å²) in [5.41, 5.74) is 2.05. The fourth-order valence-electron chi connectivity index (χ4n) is 3.56. The number of halogens is 1. The summed E-state index contributed by atoms with van der Waals surface area (Å²) in [5, 5.41) is 6.88. The van der Waals surface area contributed by atoms with Gasteiger partial charge in [0.15, 0.2) is 5.96 Å². The highest BCUT2D eigenvalue weighted by Crippen LogP contribution is 2.30. The number of hydrogen-bond donors (Lipinski definition) is 2. The van der Waals surface area contributed by atoms with Crippen LogP contribution in [0.15, 0.2) is 41.5 Å². The molecule has 1 fully saturated rings. The lowest BCUT2D eigenvalue weighted by Crippen LogP contribution is -2.44. The van der Waals surface area contributed by atoms with E-state index in [9.17, 15) is 0 Å². The zero-order chi connectivity index (χ0) is 22.8. The third-order valence-corrected chi connectivity index (χ3v) is 5.28. The van der Waals surface area contributed by atoms with Crippen LogP contribution in [-0.2, 0) is 11.3 Å². The summed E-state index contributed by atoms with van der Waals surface area (Å²) in [5.74, 6) is 2.92. The normalized spacial score (nSPS) is 15.6. The molecular formula is C23H34IN5O4. The summed E-state index contributed by atoms with van der Waals surface area (Å²) < 4.78 is 21.6. The van der Waals surface area contributed by atoms with E-state index >= 15 is 0 Å². The largest absolute Gasteiger partial charge is 0.497 e. The Morgan fingerprint density at radius 3 is 2.58 bits per heavy atom. The second-order valence-electron chi connectivity index (χ2n) is 7.38. The van der Waals surface area contributed by atoms with Gasteiger partial charge in [0, 0.05) is 75.5 Å². The number of hydrogen-bond acceptors (Lipinski definition) is 7. The fourth-order valence-corrected chi connectivity index (χ4v) is 3.56. The standard InChI is InChI=1S/C23H33N5O4.HI/c1-24-23(26-15-17-6-5-8-25-22(17)32-11-10-29-2)27-18-7-9-28(16-18)19-12-20(30-3)14-21(13-19)31-4;/h5-6,8,12-14,18H,7,9-11,15-16H2,1-4H3,(H2,24,26,27);1H. The van der Waals surface area contributed by atoms with Crippen LogP contribution < -0.4 is 29.7 Å². The van der Waals surface area contributed by atoms with E-state index in [-0.39, 0.29) is 30.0 Å². The minimum atomic E-state index is 0. The number of ether oxygens (including phenoxy) is 4. The molecule has 1 aromatic heterocycles. The highest BCUT2D eigenvalue weighted by Gasteiger charge is 2.24. The molecule has 0 saturated carbocycles. The predicted octanol–water partition coefficient (Wildman–Crippen LogP) is 2.69. The van der Waals surface area contributed by atoms with Gasteiger partial charge in [0.25, 0.3) is 0 Å². The summed E-state index contributed by atoms with van der Waals surface area (Å²) in [6.45, 7) is 3.32. The van der Waals surface area contributed by atoms with E-state index < -0.39 is 0 Å². The lowest BCUT2D eigenvalue weighted by atomic mass is 10.2. The number of guanidine groups is 1. The lowest BCUT2D eigenvalue weighted by molar-refractivity contribution is 0.143. The molecule has 1 saturated heterocycles. The maximum absolute atomic E-state index is 5.71. The van der Waals surface area contributed by atoms with E-state index in [4.69, 9.17) is 18.9 Å². The van der Waals surface area contributed by atoms with E-state index in [2.05, 4.69) is 25.5 Å². The van der Waals surface area contributed by atoms with E-state index in [0.29, 0.717) is 25.6 Å². The number of aromatic nitrogens is 1. The molecule has 1 aromatic carbocycles. The van der Waals surface area contributed by atoms with Crippen molar-refractivity contribution in [1.82, 2.24) is 15.6 Å². The molecule has 2 aromatic rings. The Labute approximate surface area is 212 Å². The minimum absolute atomic E-state index is 0. The van der Waals surface area contributed by atoms with Crippen LogP contribution in [-0.4, -0.2) is 71.7 Å². The number of nitrogens with one attached hydrogen (secondary N) is 2. The molecule has 1 unspecified atom stereocenters. The molecule has 0 radical (unpaired) electrons. The molecule has 1 aliphatic rings. The van der Waals surface area contributed by atoms with Gasteiger partial charge in [0.05, 0.1) is 20.8 Å². The molecule has 10 heteroatoms. The number of nitrogens with zero attached hydrogens (tertiary/aromatic N) is 3. The molecule has 1 aliphatic heterocycles. The molecule has 0 bridgehead atoms. The first kappa shape index (κ1) is 26.8. The maximum Gasteiger partial charge on any atom is 0.218 e. The van der Waals surface area contributed by atoms with Gasteiger partial charge in [-0.05, 0) is 12.5 Å². The SMILES string of the molecule is CN=C(NCc1cccnc1OCCOC)NC1CCN(c2cc(OC)cc(OC)c2)C1.I. The summed E-state index contributed by atoms with van der Waals surface area (Å²) >= 11 is 0. The van der Waals surface area contributed by atoms with E-state index in [1.54, 1.807) is 34.6 Å². The van der Waals surface area contributed by atoms with Crippen LogP contribution >= 0.6 is 24.0 Å². The van der Waals surface area contributed by atoms with Gasteiger partial charge in [-0.3, -0.25) is 4.99 Å². The fraction of sp³-hybridized carbons (Fsp3) is 0.478. The molecule has 9 nitrogen and oxygen atoms in total. The maximum atomic E-state index is 5.71. The van der Waals surface area contributed by atoms with Gasteiger partial charge in [-0.15, -0.1) is 24.0 Å². The average molecular weight is 571 g/mol. The predicted molar refractivity (Wildman–Crippen MR) is 141 cm³/mol. The van der Waals surface area contributed by atoms with Gasteiger partial charge in [0.1, 0.15) is 18.1 Å². The highest BCUT2D eigenvalue weighted by molar-refractivity contribution is 14.0. The number of anilines is 1. The monoisotopic (exact) mass is 571 g/mol. The highest BCUT2D eigenvalue weighted by atomic mass is 127. The number of methoxy groups -OCH3 is 3. The van der Waals surface area contributed by atoms with Crippen LogP contribution in [0.5, 0.6) is 17.4 Å². The van der Waals surface area contributed by atoms with Crippen LogP contribution in [0.1, 0.15) is 12.0 Å². The summed E-state index contributed by atoms with van der Waals surface area (Å²) in [7, 11) is 6.75. The van der Waals surface area contributed by atoms with Crippen molar-refractivity contribution >= 4 is 35.6 Å². The Morgan fingerprint density at radius 2 is 1.91 bits per heavy atom. The van der Waals surface area contributed by atoms with Crippen molar-refractivity contribution in [2.45, 2.75) is 19.0 Å². The quantitative estimate of drug-likeness (QED) is 0.195. The van der Waals surface area contributed by atoms with Gasteiger partial charge in [0.2, 0.25) is 5.88 Å². The molecule has 2 N–H and O–H groups in total. The van der Waals surface area contributed by atoms with Gasteiger partial charge < -0.3 is 34.5 Å². The smallest absolute Gasteiger partial charge is 0.218 e. The Kier molecular flexibility index (Phi) is 11.3. The van der Waals surface area contributed by atoms with Crippen molar-refractivity contribution in [2.75, 3.05) is 59.6 Å². The van der Waals surface area contributed by atoms with Crippen molar-refractivity contribution in [3.63, 3.8) is 0 Å². The molecule has 0 spiro atoms. The van der Waals surface area contributed by atoms with Gasteiger partial charge in [-0.25, -0.2) is 4.98 Å². The molecule has 33 heavy (non-hydrogen) atoms. The molecule has 182 valence electrons. The van der Waals surface area contributed by atoms with Gasteiger partial charge in [-0.2, -0.15) is 0 Å². The zero-order valence-corrected chi connectivity index (χ0v) is 22.0. The molecule has 3 rings (SSSR count). The molecule has 0 aliphatic carbocycles. The molecule has 1 atom stereocenters. The van der Waals surface area contributed by atoms with Crippen LogP contribution in [0.25, 0.3) is 0 Å². The first-order valence-electron chi connectivity index (χ1n) is 10.7. The molecular weight excluding hydrogens is 537 g/mol. The third kappa shape index (κ3) is 7.81. The van der Waals surface area contributed by atoms with Crippen molar-refractivity contribution in [3.05, 3.63) is 42.1 Å². The Bertz CT molecular complexity index is 877. The number of benzene rings is 1. The van der Waals surface area contributed by atoms with Crippen molar-refractivity contribution in [2.24, 2.45) is 4.99 Å². The van der Waals surface area contributed by atoms with Crippen LogP contribution in [0.3, 0.4) is 0 Å². The minimum Gasteiger partial charge on any atom is -0.497 e. The first-order chi connectivity index (χ1) is 15.7. The van der Waals surface area contributed by atoms with Crippen molar-refractivity contribution in [3.8, 4) is 17.4 Å². The average Bonchev–Trinajstić information content (AvgIpc) is 3.30.